The second-order valence-electron chi connectivity index (χ2n) is 32.7. The summed E-state index contributed by atoms with van der Waals surface area (Å²) < 4.78 is 43.8. The fourth-order valence-electron chi connectivity index (χ4n) is 15.0. The Balaban J connectivity index is 0.000000162. The average molecular weight is 2070 g/mol. The number of thiazole rings is 4. The molecule has 1 unspecified atom stereocenters. The molecule has 43 nitrogen and oxygen atoms in total. The topological polar surface area (TPSA) is 567 Å². The molecule has 0 radical (unpaired) electrons. The number of tetrazole rings is 1. The Labute approximate surface area is 850 Å². The lowest BCUT2D eigenvalue weighted by atomic mass is 9.99. The van der Waals surface area contributed by atoms with Crippen molar-refractivity contribution >= 4 is 164 Å². The zero-order valence-corrected chi connectivity index (χ0v) is 84.1. The second-order valence-corrected chi connectivity index (χ2v) is 38.7. The van der Waals surface area contributed by atoms with E-state index < -0.39 is 45.7 Å². The molecule has 13 heterocycles. The first-order valence-corrected chi connectivity index (χ1v) is 51.0. The number of carbonyl (C=O) groups is 7. The number of aryl methyl sites for hydroxylation is 4. The molecule has 4 aromatic carbocycles. The fourth-order valence-corrected chi connectivity index (χ4v) is 19.1. The number of hydrogen-bond acceptors (Lipinski definition) is 43. The Kier molecular flexibility index (Phi) is 36.8. The van der Waals surface area contributed by atoms with Crippen molar-refractivity contribution in [3.05, 3.63) is 205 Å². The Hall–Kier alpha value is -15.5. The number of aromatic carboxylic acids is 2. The number of aliphatic hydroxyl groups is 2. The van der Waals surface area contributed by atoms with Crippen molar-refractivity contribution in [3.63, 3.8) is 0 Å². The van der Waals surface area contributed by atoms with Gasteiger partial charge in [0, 0.05) is 143 Å². The summed E-state index contributed by atoms with van der Waals surface area (Å²) in [6, 6.07) is 38.4. The smallest absolute Gasteiger partial charge is 0.350 e. The van der Waals surface area contributed by atoms with Crippen LogP contribution >= 0.6 is 45.3 Å². The van der Waals surface area contributed by atoms with Gasteiger partial charge < -0.3 is 64.3 Å². The molecular formula is C97H108N26O17S5. The SMILES string of the molecule is C.CCOC(=O)c1sc(Nc2nc(-c3ccc(-c4nn[nH]n4)cc3)cc(N3CCC(O)CC3)n2)nc1C.CCOC(=O)c1sc(Nc2nc(-c3ccc(C(=O)O)cc3)cc(N3CCCC(CO)C3)n2)nc1C.CCOC(=O)c1sc(Nc2nc(-c3ccc(C(=O)O)cc3)cc(N3CCCN(C(C)=O)CC3)n2)nc1C.CCOC(=O)c1sc(Nc2nc(NCc3ccc(S(C)(=O)=O)cc3)cc(-c3cccnc3)n2)nc1C. The molecule has 0 spiro atoms. The molecule has 10 aromatic heterocycles. The van der Waals surface area contributed by atoms with E-state index in [2.05, 4.69) is 107 Å². The minimum atomic E-state index is -3.26. The van der Waals surface area contributed by atoms with Gasteiger partial charge in [-0.25, -0.2) is 77.1 Å². The van der Waals surface area contributed by atoms with Crippen LogP contribution < -0.4 is 41.3 Å². The highest BCUT2D eigenvalue weighted by Crippen LogP contribution is 2.37. The number of carboxylic acid groups (broad SMARTS) is 2. The van der Waals surface area contributed by atoms with E-state index in [-0.39, 0.29) is 79.7 Å². The highest BCUT2D eigenvalue weighted by atomic mass is 32.2. The number of nitrogens with zero attached hydrogens (tertiary/aromatic N) is 20. The molecule has 3 aliphatic rings. The lowest BCUT2D eigenvalue weighted by Crippen LogP contribution is -2.37. The van der Waals surface area contributed by atoms with E-state index in [4.69, 9.17) is 38.9 Å². The molecule has 0 saturated carbocycles. The minimum Gasteiger partial charge on any atom is -0.478 e. The van der Waals surface area contributed by atoms with E-state index in [0.29, 0.717) is 193 Å². The van der Waals surface area contributed by atoms with E-state index in [9.17, 15) is 62.4 Å². The summed E-state index contributed by atoms with van der Waals surface area (Å²) in [5.41, 5.74) is 10.0. The summed E-state index contributed by atoms with van der Waals surface area (Å²) in [5, 5.41) is 69.7. The molecule has 10 N–H and O–H groups in total. The predicted molar refractivity (Wildman–Crippen MR) is 551 cm³/mol. The van der Waals surface area contributed by atoms with Gasteiger partial charge >= 0.3 is 35.8 Å². The van der Waals surface area contributed by atoms with Gasteiger partial charge in [-0.1, -0.05) is 113 Å². The maximum Gasteiger partial charge on any atom is 0.350 e. The number of esters is 4. The number of carboxylic acids is 2. The lowest BCUT2D eigenvalue weighted by molar-refractivity contribution is -0.128. The number of hydrogen-bond donors (Lipinski definition) is 10. The van der Waals surface area contributed by atoms with Crippen LogP contribution in [0.5, 0.6) is 0 Å². The van der Waals surface area contributed by atoms with Crippen LogP contribution in [0.2, 0.25) is 0 Å². The number of sulfone groups is 1. The number of aliphatic hydroxyl groups excluding tert-OH is 2. The van der Waals surface area contributed by atoms with Gasteiger partial charge in [0.25, 0.3) is 0 Å². The third kappa shape index (κ3) is 28.7. The van der Waals surface area contributed by atoms with Gasteiger partial charge in [0.1, 0.15) is 42.8 Å². The molecule has 3 fully saturated rings. The number of carbonyl (C=O) groups excluding carboxylic acids is 5. The number of anilines is 12. The molecule has 48 heteroatoms. The fraction of sp³-hybridized carbons (Fsp3) is 0.330. The number of nitrogens with one attached hydrogen (secondary N) is 6. The first-order chi connectivity index (χ1) is 69.3. The zero-order valence-electron chi connectivity index (χ0n) is 80.0. The van der Waals surface area contributed by atoms with Crippen LogP contribution in [0, 0.1) is 33.6 Å². The van der Waals surface area contributed by atoms with Crippen molar-refractivity contribution in [3.8, 4) is 56.4 Å². The number of benzene rings is 4. The van der Waals surface area contributed by atoms with E-state index in [1.807, 2.05) is 59.5 Å². The van der Waals surface area contributed by atoms with Crippen molar-refractivity contribution < 1.29 is 81.4 Å². The van der Waals surface area contributed by atoms with Crippen LogP contribution in [0.25, 0.3) is 56.4 Å². The third-order valence-corrected chi connectivity index (χ3v) is 27.7. The van der Waals surface area contributed by atoms with Crippen LogP contribution in [-0.4, -0.2) is 259 Å². The summed E-state index contributed by atoms with van der Waals surface area (Å²) in [4.78, 5) is 152. The number of pyridine rings is 1. The average Bonchev–Trinajstić information content (AvgIpc) is 1.54. The Bertz CT molecular complexity index is 6980. The highest BCUT2D eigenvalue weighted by molar-refractivity contribution is 7.90. The van der Waals surface area contributed by atoms with Gasteiger partial charge in [-0.3, -0.25) is 31.0 Å². The molecule has 17 rings (SSSR count). The van der Waals surface area contributed by atoms with Gasteiger partial charge in [0.15, 0.2) is 30.4 Å². The molecule has 3 saturated heterocycles. The van der Waals surface area contributed by atoms with Crippen molar-refractivity contribution in [2.45, 2.75) is 119 Å². The van der Waals surface area contributed by atoms with E-state index >= 15 is 0 Å². The summed E-state index contributed by atoms with van der Waals surface area (Å²) in [6.07, 6.45) is 8.31. The van der Waals surface area contributed by atoms with Crippen molar-refractivity contribution in [2.75, 3.05) is 133 Å². The van der Waals surface area contributed by atoms with Crippen molar-refractivity contribution in [1.82, 2.24) is 90.3 Å². The molecular weight excluding hydrogens is 1960 g/mol. The van der Waals surface area contributed by atoms with Crippen LogP contribution in [-0.2, 0) is 40.1 Å². The van der Waals surface area contributed by atoms with E-state index in [1.54, 1.807) is 129 Å². The monoisotopic (exact) mass is 2070 g/mol. The molecule has 1 amide bonds. The lowest BCUT2D eigenvalue weighted by Gasteiger charge is -2.33. The van der Waals surface area contributed by atoms with Gasteiger partial charge in [-0.2, -0.15) is 25.1 Å². The van der Waals surface area contributed by atoms with Gasteiger partial charge in [-0.05, 0) is 153 Å². The standard InChI is InChI=1S/C25H28N6O5S.C24H24N6O4S2.C24H27N5O5S.C23H25N9O3S.CH4/c1-4-36-23(35)21-15(2)26-25(37-21)29-24-27-19(17-6-8-18(9-7-17)22(33)34)14-20(28-24)31-11-5-10-30(12-13-31)16(3)32;1-4-34-22(31)21-15(2)27-24(35-21)30-23-28-19(17-6-5-11-25-14-17)12-20(29-23)26-13-16-7-9-18(10-8-16)36(3,32)33;1-3-34-22(33)20-14(2)25-24(35-20)28-23-26-18(16-6-8-17(9-7-16)21(31)32)11-19(27-23)29-10-4-5-15(12-29)13-30;1-3-35-21(34)19-13(2)24-23(36-19)27-22-25-17(12-18(26-22)32-10-8-16(33)9-11-32)14-4-6-15(7-5-14)20-28-30-31-29-20;/h6-9,14H,4-5,10-13H2,1-3H3,(H,33,34)(H,26,27,28,29);5-12,14H,4,13H2,1-3H3,(H2,26,27,28,29,30);6-9,11,15,30H,3-5,10,12-13H2,1-2H3,(H,31,32)(H,25,26,27,28);4-7,12,16,33H,3,8-11H2,1-2H3,(H,24,25,26,27)(H,28,29,30,31);1H4. The zero-order chi connectivity index (χ0) is 102. The highest BCUT2D eigenvalue weighted by Gasteiger charge is 2.29. The number of ether oxygens (including phenoxy) is 4. The van der Waals surface area contributed by atoms with Crippen molar-refractivity contribution in [1.29, 1.82) is 0 Å². The number of rotatable bonds is 31. The third-order valence-electron chi connectivity index (χ3n) is 22.3. The van der Waals surface area contributed by atoms with Crippen LogP contribution in [0.1, 0.15) is 162 Å². The van der Waals surface area contributed by atoms with Gasteiger partial charge in [-0.15, -0.1) is 10.2 Å². The maximum absolute atomic E-state index is 12.2. The molecule has 1 atom stereocenters. The molecule has 758 valence electrons. The Morgan fingerprint density at radius 3 is 1.27 bits per heavy atom. The molecule has 14 aromatic rings. The molecule has 0 aliphatic carbocycles. The van der Waals surface area contributed by atoms with Gasteiger partial charge in [0.05, 0.1) is 94.1 Å². The molecule has 0 bridgehead atoms. The normalized spacial score (nSPS) is 13.6. The molecule has 145 heavy (non-hydrogen) atoms. The summed E-state index contributed by atoms with van der Waals surface area (Å²) >= 11 is 4.69. The quantitative estimate of drug-likeness (QED) is 0.0142. The van der Waals surface area contributed by atoms with E-state index in [1.165, 1.54) is 53.2 Å². The summed E-state index contributed by atoms with van der Waals surface area (Å²) in [7, 11) is -3.26. The van der Waals surface area contributed by atoms with Crippen LogP contribution in [0.4, 0.5) is 67.6 Å². The number of aromatic nitrogens is 17. The van der Waals surface area contributed by atoms with Crippen LogP contribution in [0.15, 0.2) is 151 Å². The van der Waals surface area contributed by atoms with Gasteiger partial charge in [0.2, 0.25) is 35.5 Å². The number of amides is 1. The Morgan fingerprint density at radius 2 is 0.876 bits per heavy atom. The van der Waals surface area contributed by atoms with E-state index in [0.717, 1.165) is 87.7 Å². The maximum atomic E-state index is 12.2. The van der Waals surface area contributed by atoms with Crippen molar-refractivity contribution in [2.24, 2.45) is 5.92 Å². The number of piperidine rings is 2. The first-order valence-electron chi connectivity index (χ1n) is 45.8. The number of aromatic amines is 1. The minimum absolute atomic E-state index is 0. The Morgan fingerprint density at radius 1 is 0.469 bits per heavy atom. The summed E-state index contributed by atoms with van der Waals surface area (Å²) in [6.45, 7) is 22.6. The summed E-state index contributed by atoms with van der Waals surface area (Å²) in [5.74, 6) is 0.920. The number of H-pyrrole nitrogens is 1. The molecule has 3 aliphatic heterocycles. The predicted octanol–water partition coefficient (Wildman–Crippen LogP) is 15.2. The largest absolute Gasteiger partial charge is 0.478 e. The first kappa shape index (κ1) is 107. The second kappa shape index (κ2) is 50.0. The van der Waals surface area contributed by atoms with Crippen LogP contribution in [0.3, 0.4) is 0 Å².